The number of fused-ring (bicyclic) bond motifs is 1. The normalized spacial score (nSPS) is 19.4. The van der Waals surface area contributed by atoms with Gasteiger partial charge in [0.15, 0.2) is 11.5 Å². The number of hydrogen-bond donors (Lipinski definition) is 5. The summed E-state index contributed by atoms with van der Waals surface area (Å²) in [5.74, 6) is 0.322. The molecule has 2 aromatic rings. The number of aromatic amines is 1. The number of nitrogens with two attached hydrogens (primary N) is 1. The molecule has 2 unspecified atom stereocenters. The first-order valence-electron chi connectivity index (χ1n) is 16.1. The Morgan fingerprint density at radius 2 is 1.82 bits per heavy atom. The van der Waals surface area contributed by atoms with E-state index in [0.29, 0.717) is 42.9 Å². The quantitative estimate of drug-likeness (QED) is 0.116. The van der Waals surface area contributed by atoms with Gasteiger partial charge in [-0.1, -0.05) is 63.8 Å². The number of carbonyl (C=O) groups is 2. The largest absolute Gasteiger partial charge is 0.504 e. The molecule has 4 rings (SSSR count). The molecule has 1 aliphatic carbocycles. The Morgan fingerprint density at radius 3 is 2.52 bits per heavy atom. The Hall–Kier alpha value is -3.78. The minimum atomic E-state index is -0.788. The van der Waals surface area contributed by atoms with Gasteiger partial charge in [-0.05, 0) is 55.0 Å². The van der Waals surface area contributed by atoms with Crippen molar-refractivity contribution in [1.82, 2.24) is 10.3 Å². The molecule has 0 bridgehead atoms. The predicted molar refractivity (Wildman–Crippen MR) is 174 cm³/mol. The number of dihydropyridines is 1. The first kappa shape index (κ1) is 33.1. The number of carbonyl (C=O) groups excluding carboxylic acids is 2. The van der Waals surface area contributed by atoms with Crippen LogP contribution in [0.5, 0.6) is 11.5 Å². The smallest absolute Gasteiger partial charge is 0.161 e. The third-order valence-corrected chi connectivity index (χ3v) is 9.03. The van der Waals surface area contributed by atoms with Gasteiger partial charge in [0.2, 0.25) is 0 Å². The molecule has 2 heterocycles. The Labute approximate surface area is 261 Å². The van der Waals surface area contributed by atoms with Crippen LogP contribution in [0.15, 0.2) is 59.5 Å². The van der Waals surface area contributed by atoms with Crippen molar-refractivity contribution in [3.63, 3.8) is 0 Å². The number of allylic oxidation sites excluding steroid dienone is 3. The molecule has 8 nitrogen and oxygen atoms in total. The van der Waals surface area contributed by atoms with E-state index in [1.807, 2.05) is 24.3 Å². The average Bonchev–Trinajstić information content (AvgIpc) is 3.48. The summed E-state index contributed by atoms with van der Waals surface area (Å²) in [7, 11) is 1.51. The van der Waals surface area contributed by atoms with Gasteiger partial charge >= 0.3 is 0 Å². The van der Waals surface area contributed by atoms with Crippen LogP contribution in [-0.4, -0.2) is 47.0 Å². The molecule has 0 radical (unpaired) electrons. The van der Waals surface area contributed by atoms with E-state index in [-0.39, 0.29) is 36.8 Å². The van der Waals surface area contributed by atoms with Crippen LogP contribution in [0.4, 0.5) is 0 Å². The number of nitrogens with one attached hydrogen (secondary N) is 2. The fourth-order valence-corrected chi connectivity index (χ4v) is 6.55. The monoisotopic (exact) mass is 603 g/mol. The molecule has 1 aromatic carbocycles. The molecule has 2 atom stereocenters. The van der Waals surface area contributed by atoms with Crippen LogP contribution >= 0.6 is 0 Å². The van der Waals surface area contributed by atoms with E-state index in [1.54, 1.807) is 6.07 Å². The minimum absolute atomic E-state index is 0.00231. The molecule has 8 heteroatoms. The Morgan fingerprint density at radius 1 is 1.07 bits per heavy atom. The summed E-state index contributed by atoms with van der Waals surface area (Å²) in [4.78, 5) is 28.7. The van der Waals surface area contributed by atoms with Crippen LogP contribution in [0, 0.1) is 5.41 Å². The van der Waals surface area contributed by atoms with E-state index in [1.165, 1.54) is 13.5 Å². The third-order valence-electron chi connectivity index (χ3n) is 9.03. The van der Waals surface area contributed by atoms with Crippen molar-refractivity contribution >= 4 is 11.6 Å². The number of ketones is 2. The summed E-state index contributed by atoms with van der Waals surface area (Å²) >= 11 is 0. The molecule has 1 aliphatic heterocycles. The standard InChI is InChI=1S/C36H49N3O5/c1-4-6-7-8-9-10-27(41)21-28(42)14-11-24-19-31(34(43)32(20-24)44-3)33-29-16-18-38-35(37)30(29)15-17-36(33,23-40)22-26-13-12-25(5-2)39-26/h12-13,15-17,19-20,33,38-40,43H,4-11,14,18,21-23,37H2,1-3H3. The molecule has 0 amide bonds. The second kappa shape index (κ2) is 15.3. The van der Waals surface area contributed by atoms with E-state index in [2.05, 4.69) is 36.3 Å². The number of aliphatic hydroxyl groups is 1. The molecular weight excluding hydrogens is 554 g/mol. The molecule has 6 N–H and O–H groups in total. The predicted octanol–water partition coefficient (Wildman–Crippen LogP) is 5.69. The number of rotatable bonds is 17. The highest BCUT2D eigenvalue weighted by atomic mass is 16.5. The second-order valence-corrected chi connectivity index (χ2v) is 12.2. The van der Waals surface area contributed by atoms with Crippen molar-refractivity contribution in [3.05, 3.63) is 82.0 Å². The molecule has 0 spiro atoms. The number of benzene rings is 1. The molecule has 1 aromatic heterocycles. The van der Waals surface area contributed by atoms with Gasteiger partial charge in [-0.15, -0.1) is 0 Å². The highest BCUT2D eigenvalue weighted by molar-refractivity contribution is 5.99. The van der Waals surface area contributed by atoms with Crippen LogP contribution in [0.3, 0.4) is 0 Å². The number of hydrogen-bond acceptors (Lipinski definition) is 7. The van der Waals surface area contributed by atoms with Gasteiger partial charge in [-0.2, -0.15) is 0 Å². The molecule has 238 valence electrons. The van der Waals surface area contributed by atoms with Crippen LogP contribution in [0.1, 0.15) is 93.6 Å². The number of phenols is 1. The fourth-order valence-electron chi connectivity index (χ4n) is 6.55. The number of H-pyrrole nitrogens is 1. The molecular formula is C36H49N3O5. The maximum Gasteiger partial charge on any atom is 0.161 e. The zero-order valence-corrected chi connectivity index (χ0v) is 26.5. The van der Waals surface area contributed by atoms with Gasteiger partial charge in [0, 0.05) is 53.2 Å². The number of methoxy groups -OCH3 is 1. The summed E-state index contributed by atoms with van der Waals surface area (Å²) in [5, 5.41) is 25.8. The van der Waals surface area contributed by atoms with Crippen LogP contribution < -0.4 is 15.8 Å². The number of Topliss-reactive ketones (excluding diaryl/α,β-unsaturated/α-hetero) is 2. The molecule has 0 saturated heterocycles. The van der Waals surface area contributed by atoms with E-state index in [0.717, 1.165) is 60.2 Å². The Bertz CT molecular complexity index is 1420. The van der Waals surface area contributed by atoms with Crippen molar-refractivity contribution in [2.45, 2.75) is 90.4 Å². The first-order chi connectivity index (χ1) is 21.2. The third kappa shape index (κ3) is 7.65. The Kier molecular flexibility index (Phi) is 11.5. The van der Waals surface area contributed by atoms with Crippen molar-refractivity contribution in [2.24, 2.45) is 11.1 Å². The highest BCUT2D eigenvalue weighted by Crippen LogP contribution is 2.54. The lowest BCUT2D eigenvalue weighted by atomic mass is 9.61. The van der Waals surface area contributed by atoms with Gasteiger partial charge in [-0.3, -0.25) is 9.59 Å². The van der Waals surface area contributed by atoms with Gasteiger partial charge in [0.25, 0.3) is 0 Å². The maximum atomic E-state index is 12.8. The number of aliphatic hydroxyl groups excluding tert-OH is 1. The zero-order valence-electron chi connectivity index (χ0n) is 26.5. The Balaban J connectivity index is 1.63. The lowest BCUT2D eigenvalue weighted by Crippen LogP contribution is -2.40. The summed E-state index contributed by atoms with van der Waals surface area (Å²) in [5.41, 5.74) is 10.9. The van der Waals surface area contributed by atoms with E-state index < -0.39 is 11.3 Å². The number of aromatic hydroxyl groups is 1. The number of aryl methyl sites for hydroxylation is 2. The number of aromatic nitrogens is 1. The fraction of sp³-hybridized carbons (Fsp3) is 0.500. The van der Waals surface area contributed by atoms with Gasteiger partial charge in [0.1, 0.15) is 17.4 Å². The van der Waals surface area contributed by atoms with E-state index >= 15 is 0 Å². The van der Waals surface area contributed by atoms with Gasteiger partial charge in [-0.25, -0.2) is 0 Å². The van der Waals surface area contributed by atoms with Crippen molar-refractivity contribution < 1.29 is 24.5 Å². The molecule has 0 saturated carbocycles. The minimum Gasteiger partial charge on any atom is -0.504 e. The van der Waals surface area contributed by atoms with Crippen LogP contribution in [-0.2, 0) is 28.9 Å². The van der Waals surface area contributed by atoms with E-state index in [4.69, 9.17) is 10.5 Å². The maximum absolute atomic E-state index is 12.8. The molecule has 0 fully saturated rings. The summed E-state index contributed by atoms with van der Waals surface area (Å²) in [6.45, 7) is 4.60. The number of phenolic OH excluding ortho intramolecular Hbond substituents is 1. The van der Waals surface area contributed by atoms with Crippen LogP contribution in [0.25, 0.3) is 0 Å². The highest BCUT2D eigenvalue weighted by Gasteiger charge is 2.45. The number of unbranched alkanes of at least 4 members (excludes halogenated alkanes) is 4. The molecule has 2 aliphatic rings. The number of ether oxygens (including phenoxy) is 1. The van der Waals surface area contributed by atoms with Crippen LogP contribution in [0.2, 0.25) is 0 Å². The average molecular weight is 604 g/mol. The van der Waals surface area contributed by atoms with Gasteiger partial charge < -0.3 is 31.0 Å². The zero-order chi connectivity index (χ0) is 31.7. The van der Waals surface area contributed by atoms with Gasteiger partial charge in [0.05, 0.1) is 20.1 Å². The summed E-state index contributed by atoms with van der Waals surface area (Å²) in [6, 6.07) is 7.77. The summed E-state index contributed by atoms with van der Waals surface area (Å²) < 4.78 is 5.61. The van der Waals surface area contributed by atoms with Crippen molar-refractivity contribution in [1.29, 1.82) is 0 Å². The molecule has 44 heavy (non-hydrogen) atoms. The SMILES string of the molecule is CCCCCCCC(=O)CC(=O)CCc1cc(OC)c(O)c(C2C3=CCNC(N)=C3C=CC2(CO)Cc2ccc(CC)[nH]2)c1. The lowest BCUT2D eigenvalue weighted by molar-refractivity contribution is -0.127. The van der Waals surface area contributed by atoms with Crippen molar-refractivity contribution in [2.75, 3.05) is 20.3 Å². The van der Waals surface area contributed by atoms with E-state index in [9.17, 15) is 19.8 Å². The summed E-state index contributed by atoms with van der Waals surface area (Å²) in [6.07, 6.45) is 13.8. The van der Waals surface area contributed by atoms with Crippen molar-refractivity contribution in [3.8, 4) is 11.5 Å². The topological polar surface area (TPSA) is 138 Å². The second-order valence-electron chi connectivity index (χ2n) is 12.2. The lowest BCUT2D eigenvalue weighted by Gasteiger charge is -2.44. The first-order valence-corrected chi connectivity index (χ1v) is 16.1.